The number of hydrogen-bond donors (Lipinski definition) is 0. The standard InChI is InChI=1S/C21H24N2O3/c1-4-9-22-18-7-5-6-8-19(18)23(21(22)25)13-20(24)26-14-17-11-15(2)10-16(3)12-17/h5-8,10-12H,4,9,13-14H2,1-3H3. The molecular weight excluding hydrogens is 328 g/mol. The van der Waals surface area contributed by atoms with E-state index in [0.717, 1.165) is 34.1 Å². The molecule has 0 aliphatic heterocycles. The van der Waals surface area contributed by atoms with Crippen LogP contribution in [0.2, 0.25) is 0 Å². The molecule has 5 heteroatoms. The van der Waals surface area contributed by atoms with Crippen molar-refractivity contribution in [3.8, 4) is 0 Å². The van der Waals surface area contributed by atoms with Gasteiger partial charge >= 0.3 is 11.7 Å². The van der Waals surface area contributed by atoms with Crippen molar-refractivity contribution in [3.63, 3.8) is 0 Å². The lowest BCUT2D eigenvalue weighted by Crippen LogP contribution is -2.27. The molecule has 0 saturated heterocycles. The van der Waals surface area contributed by atoms with Gasteiger partial charge in [0.2, 0.25) is 0 Å². The summed E-state index contributed by atoms with van der Waals surface area (Å²) in [6.45, 7) is 6.81. The molecule has 0 bridgehead atoms. The van der Waals surface area contributed by atoms with E-state index in [9.17, 15) is 9.59 Å². The van der Waals surface area contributed by atoms with Gasteiger partial charge in [0.05, 0.1) is 11.0 Å². The molecule has 0 spiro atoms. The van der Waals surface area contributed by atoms with Crippen molar-refractivity contribution in [1.29, 1.82) is 0 Å². The second-order valence-electron chi connectivity index (χ2n) is 6.67. The smallest absolute Gasteiger partial charge is 0.329 e. The highest BCUT2D eigenvalue weighted by Gasteiger charge is 2.15. The van der Waals surface area contributed by atoms with Gasteiger partial charge in [0.15, 0.2) is 0 Å². The summed E-state index contributed by atoms with van der Waals surface area (Å²) in [5.41, 5.74) is 4.66. The number of hydrogen-bond acceptors (Lipinski definition) is 3. The van der Waals surface area contributed by atoms with Crippen LogP contribution in [0, 0.1) is 13.8 Å². The molecule has 0 atom stereocenters. The molecular formula is C21H24N2O3. The van der Waals surface area contributed by atoms with Gasteiger partial charge in [0.1, 0.15) is 13.2 Å². The maximum absolute atomic E-state index is 12.7. The van der Waals surface area contributed by atoms with Crippen molar-refractivity contribution < 1.29 is 9.53 Å². The van der Waals surface area contributed by atoms with Gasteiger partial charge in [-0.05, 0) is 38.0 Å². The van der Waals surface area contributed by atoms with Crippen LogP contribution >= 0.6 is 0 Å². The molecule has 0 unspecified atom stereocenters. The fourth-order valence-electron chi connectivity index (χ4n) is 3.36. The van der Waals surface area contributed by atoms with E-state index in [1.54, 1.807) is 4.57 Å². The van der Waals surface area contributed by atoms with Crippen LogP contribution in [0.1, 0.15) is 30.0 Å². The number of carbonyl (C=O) groups is 1. The van der Waals surface area contributed by atoms with E-state index in [-0.39, 0.29) is 18.8 Å². The summed E-state index contributed by atoms with van der Waals surface area (Å²) in [5, 5.41) is 0. The minimum absolute atomic E-state index is 0.0825. The third-order valence-electron chi connectivity index (χ3n) is 4.34. The monoisotopic (exact) mass is 352 g/mol. The molecule has 5 nitrogen and oxygen atoms in total. The van der Waals surface area contributed by atoms with E-state index in [1.165, 1.54) is 4.57 Å². The Morgan fingerprint density at radius 1 is 1.00 bits per heavy atom. The first-order valence-electron chi connectivity index (χ1n) is 8.90. The lowest BCUT2D eigenvalue weighted by Gasteiger charge is -2.08. The number of aryl methyl sites for hydroxylation is 3. The van der Waals surface area contributed by atoms with Crippen LogP contribution < -0.4 is 5.69 Å². The highest BCUT2D eigenvalue weighted by atomic mass is 16.5. The number of benzene rings is 2. The predicted octanol–water partition coefficient (Wildman–Crippen LogP) is 3.57. The lowest BCUT2D eigenvalue weighted by molar-refractivity contribution is -0.145. The van der Waals surface area contributed by atoms with Crippen LogP contribution in [0.4, 0.5) is 0 Å². The van der Waals surface area contributed by atoms with Gasteiger partial charge in [0, 0.05) is 6.54 Å². The van der Waals surface area contributed by atoms with Crippen molar-refractivity contribution in [2.75, 3.05) is 0 Å². The molecule has 3 rings (SSSR count). The molecule has 0 radical (unpaired) electrons. The lowest BCUT2D eigenvalue weighted by atomic mass is 10.1. The molecule has 1 aromatic heterocycles. The summed E-state index contributed by atoms with van der Waals surface area (Å²) in [4.78, 5) is 25.0. The largest absolute Gasteiger partial charge is 0.459 e. The highest BCUT2D eigenvalue weighted by molar-refractivity contribution is 5.78. The molecule has 0 aliphatic carbocycles. The zero-order valence-corrected chi connectivity index (χ0v) is 15.5. The van der Waals surface area contributed by atoms with E-state index in [4.69, 9.17) is 4.74 Å². The molecule has 136 valence electrons. The van der Waals surface area contributed by atoms with Crippen molar-refractivity contribution in [1.82, 2.24) is 9.13 Å². The Labute approximate surface area is 152 Å². The molecule has 1 heterocycles. The normalized spacial score (nSPS) is 11.0. The number of carbonyl (C=O) groups excluding carboxylic acids is 1. The molecule has 26 heavy (non-hydrogen) atoms. The fourth-order valence-corrected chi connectivity index (χ4v) is 3.36. The van der Waals surface area contributed by atoms with Gasteiger partial charge in [-0.15, -0.1) is 0 Å². The highest BCUT2D eigenvalue weighted by Crippen LogP contribution is 2.14. The zero-order valence-electron chi connectivity index (χ0n) is 15.5. The van der Waals surface area contributed by atoms with Gasteiger partial charge in [-0.2, -0.15) is 0 Å². The Morgan fingerprint density at radius 3 is 2.23 bits per heavy atom. The Kier molecular flexibility index (Phi) is 5.26. The summed E-state index contributed by atoms with van der Waals surface area (Å²) < 4.78 is 8.62. The Hall–Kier alpha value is -2.82. The van der Waals surface area contributed by atoms with Gasteiger partial charge < -0.3 is 4.74 Å². The SMILES string of the molecule is CCCn1c(=O)n(CC(=O)OCc2cc(C)cc(C)c2)c2ccccc21. The second-order valence-corrected chi connectivity index (χ2v) is 6.67. The van der Waals surface area contributed by atoms with Crippen LogP contribution in [-0.2, 0) is 29.2 Å². The van der Waals surface area contributed by atoms with E-state index in [0.29, 0.717) is 6.54 Å². The Balaban J connectivity index is 1.79. The van der Waals surface area contributed by atoms with Crippen LogP contribution in [0.15, 0.2) is 47.3 Å². The van der Waals surface area contributed by atoms with Crippen LogP contribution in [0.25, 0.3) is 11.0 Å². The van der Waals surface area contributed by atoms with Crippen molar-refractivity contribution in [2.24, 2.45) is 0 Å². The van der Waals surface area contributed by atoms with E-state index >= 15 is 0 Å². The van der Waals surface area contributed by atoms with Crippen LogP contribution in [-0.4, -0.2) is 15.1 Å². The number of nitrogens with zero attached hydrogens (tertiary/aromatic N) is 2. The topological polar surface area (TPSA) is 53.2 Å². The first kappa shape index (κ1) is 18.0. The minimum Gasteiger partial charge on any atom is -0.459 e. The van der Waals surface area contributed by atoms with E-state index in [1.807, 2.05) is 57.2 Å². The van der Waals surface area contributed by atoms with Crippen LogP contribution in [0.3, 0.4) is 0 Å². The third kappa shape index (κ3) is 3.72. The molecule has 0 fully saturated rings. The maximum Gasteiger partial charge on any atom is 0.329 e. The quantitative estimate of drug-likeness (QED) is 0.637. The summed E-state index contributed by atoms with van der Waals surface area (Å²) in [5.74, 6) is -0.411. The summed E-state index contributed by atoms with van der Waals surface area (Å²) in [6.07, 6.45) is 0.852. The van der Waals surface area contributed by atoms with Crippen molar-refractivity contribution in [2.45, 2.75) is 46.9 Å². The predicted molar refractivity (Wildman–Crippen MR) is 102 cm³/mol. The summed E-state index contributed by atoms with van der Waals surface area (Å²) in [7, 11) is 0. The Bertz CT molecular complexity index is 978. The van der Waals surface area contributed by atoms with Crippen molar-refractivity contribution in [3.05, 3.63) is 69.6 Å². The molecule has 0 N–H and O–H groups in total. The molecule has 0 aliphatic rings. The first-order valence-corrected chi connectivity index (χ1v) is 8.90. The number of aromatic nitrogens is 2. The number of rotatable bonds is 6. The number of esters is 1. The van der Waals surface area contributed by atoms with Gasteiger partial charge in [-0.1, -0.05) is 48.4 Å². The maximum atomic E-state index is 12.7. The molecule has 0 amide bonds. The third-order valence-corrected chi connectivity index (χ3v) is 4.34. The number of para-hydroxylation sites is 2. The molecule has 0 saturated carbocycles. The number of imidazole rings is 1. The second kappa shape index (κ2) is 7.60. The number of fused-ring (bicyclic) bond motifs is 1. The molecule has 3 aromatic rings. The Morgan fingerprint density at radius 2 is 1.62 bits per heavy atom. The van der Waals surface area contributed by atoms with Gasteiger partial charge in [-0.3, -0.25) is 13.9 Å². The fraction of sp³-hybridized carbons (Fsp3) is 0.333. The average Bonchev–Trinajstić information content (AvgIpc) is 2.86. The summed E-state index contributed by atoms with van der Waals surface area (Å²) in [6, 6.07) is 13.6. The van der Waals surface area contributed by atoms with E-state index in [2.05, 4.69) is 6.07 Å². The van der Waals surface area contributed by atoms with Gasteiger partial charge in [0.25, 0.3) is 0 Å². The minimum atomic E-state index is -0.411. The molecule has 2 aromatic carbocycles. The van der Waals surface area contributed by atoms with E-state index < -0.39 is 5.97 Å². The van der Waals surface area contributed by atoms with Gasteiger partial charge in [-0.25, -0.2) is 4.79 Å². The summed E-state index contributed by atoms with van der Waals surface area (Å²) >= 11 is 0. The van der Waals surface area contributed by atoms with Crippen LogP contribution in [0.5, 0.6) is 0 Å². The zero-order chi connectivity index (χ0) is 18.7. The first-order chi connectivity index (χ1) is 12.5. The van der Waals surface area contributed by atoms with Crippen molar-refractivity contribution >= 4 is 17.0 Å². The average molecular weight is 352 g/mol. The number of ether oxygens (including phenoxy) is 1.